The third-order valence-electron chi connectivity index (χ3n) is 3.40. The Kier molecular flexibility index (Phi) is 4.61. The highest BCUT2D eigenvalue weighted by Crippen LogP contribution is 2.21. The topological polar surface area (TPSA) is 58.6 Å². The molecule has 1 aliphatic rings. The first-order valence-electron chi connectivity index (χ1n) is 6.95. The monoisotopic (exact) mass is 276 g/mol. The normalized spacial score (nSPS) is 18.2. The fraction of sp³-hybridized carbons (Fsp3) is 0.467. The molecule has 0 radical (unpaired) electrons. The summed E-state index contributed by atoms with van der Waals surface area (Å²) in [7, 11) is 0. The second-order valence-corrected chi connectivity index (χ2v) is 4.78. The van der Waals surface area contributed by atoms with Crippen molar-refractivity contribution in [3.8, 4) is 5.75 Å². The number of benzene rings is 1. The van der Waals surface area contributed by atoms with Crippen LogP contribution < -0.4 is 10.1 Å². The van der Waals surface area contributed by atoms with Crippen molar-refractivity contribution in [3.05, 3.63) is 24.3 Å². The van der Waals surface area contributed by atoms with Crippen molar-refractivity contribution in [2.45, 2.75) is 20.3 Å². The molecule has 1 heterocycles. The number of hydrogen-bond donors (Lipinski definition) is 1. The van der Waals surface area contributed by atoms with E-state index >= 15 is 0 Å². The number of ether oxygens (including phenoxy) is 1. The van der Waals surface area contributed by atoms with Gasteiger partial charge in [0.25, 0.3) is 0 Å². The lowest BCUT2D eigenvalue weighted by Gasteiger charge is -2.13. The lowest BCUT2D eigenvalue weighted by Crippen LogP contribution is -2.28. The molecule has 1 aromatic rings. The average Bonchev–Trinajstić information content (AvgIpc) is 2.82. The Morgan fingerprint density at radius 3 is 2.60 bits per heavy atom. The molecule has 0 bridgehead atoms. The van der Waals surface area contributed by atoms with E-state index in [1.807, 2.05) is 26.0 Å². The van der Waals surface area contributed by atoms with E-state index in [4.69, 9.17) is 4.74 Å². The van der Waals surface area contributed by atoms with Gasteiger partial charge in [-0.25, -0.2) is 0 Å². The summed E-state index contributed by atoms with van der Waals surface area (Å²) in [6.07, 6.45) is 0.302. The Morgan fingerprint density at radius 1 is 1.35 bits per heavy atom. The van der Waals surface area contributed by atoms with Gasteiger partial charge in [0.2, 0.25) is 11.8 Å². The lowest BCUT2D eigenvalue weighted by molar-refractivity contribution is -0.128. The largest absolute Gasteiger partial charge is 0.494 e. The Morgan fingerprint density at radius 2 is 2.05 bits per heavy atom. The molecule has 2 rings (SSSR count). The Bertz CT molecular complexity index is 484. The van der Waals surface area contributed by atoms with Crippen molar-refractivity contribution in [3.63, 3.8) is 0 Å². The zero-order valence-electron chi connectivity index (χ0n) is 11.9. The van der Waals surface area contributed by atoms with Crippen molar-refractivity contribution < 1.29 is 14.3 Å². The van der Waals surface area contributed by atoms with E-state index < -0.39 is 0 Å². The summed E-state index contributed by atoms with van der Waals surface area (Å²) < 4.78 is 5.34. The first kappa shape index (κ1) is 14.4. The molecule has 5 heteroatoms. The second kappa shape index (κ2) is 6.41. The van der Waals surface area contributed by atoms with E-state index in [2.05, 4.69) is 5.32 Å². The summed E-state index contributed by atoms with van der Waals surface area (Å²) in [5.41, 5.74) is 0.723. The summed E-state index contributed by atoms with van der Waals surface area (Å²) in [5.74, 6) is 0.477. The third kappa shape index (κ3) is 3.29. The molecular weight excluding hydrogens is 256 g/mol. The lowest BCUT2D eigenvalue weighted by atomic mass is 10.1. The molecule has 2 amide bonds. The van der Waals surface area contributed by atoms with E-state index in [1.165, 1.54) is 0 Å². The highest BCUT2D eigenvalue weighted by atomic mass is 16.5. The van der Waals surface area contributed by atoms with Gasteiger partial charge in [0.05, 0.1) is 12.5 Å². The summed E-state index contributed by atoms with van der Waals surface area (Å²) in [5, 5.41) is 2.84. The van der Waals surface area contributed by atoms with Crippen molar-refractivity contribution in [2.75, 3.05) is 25.0 Å². The average molecular weight is 276 g/mol. The number of likely N-dealkylation sites (tertiary alicyclic amines) is 1. The first-order valence-corrected chi connectivity index (χ1v) is 6.95. The number of rotatable bonds is 5. The molecule has 1 aromatic carbocycles. The maximum absolute atomic E-state index is 12.1. The fourth-order valence-electron chi connectivity index (χ4n) is 2.30. The van der Waals surface area contributed by atoms with Crippen molar-refractivity contribution in [1.82, 2.24) is 4.90 Å². The molecule has 1 unspecified atom stereocenters. The van der Waals surface area contributed by atoms with Gasteiger partial charge in [-0.15, -0.1) is 0 Å². The minimum Gasteiger partial charge on any atom is -0.494 e. The number of hydrogen-bond acceptors (Lipinski definition) is 3. The molecule has 1 N–H and O–H groups in total. The number of anilines is 1. The number of carbonyl (C=O) groups excluding carboxylic acids is 2. The Labute approximate surface area is 118 Å². The zero-order valence-corrected chi connectivity index (χ0v) is 11.9. The molecule has 0 saturated carbocycles. The fourth-order valence-corrected chi connectivity index (χ4v) is 2.30. The molecule has 0 aliphatic carbocycles. The van der Waals surface area contributed by atoms with Crippen LogP contribution in [-0.2, 0) is 9.59 Å². The van der Waals surface area contributed by atoms with Gasteiger partial charge >= 0.3 is 0 Å². The van der Waals surface area contributed by atoms with Crippen molar-refractivity contribution in [1.29, 1.82) is 0 Å². The predicted octanol–water partition coefficient (Wildman–Crippen LogP) is 1.89. The van der Waals surface area contributed by atoms with Crippen LogP contribution in [0.3, 0.4) is 0 Å². The number of carbonyl (C=O) groups is 2. The van der Waals surface area contributed by atoms with Gasteiger partial charge in [0, 0.05) is 25.2 Å². The van der Waals surface area contributed by atoms with E-state index in [0.29, 0.717) is 26.1 Å². The van der Waals surface area contributed by atoms with E-state index in [9.17, 15) is 9.59 Å². The third-order valence-corrected chi connectivity index (χ3v) is 3.40. The predicted molar refractivity (Wildman–Crippen MR) is 76.6 cm³/mol. The van der Waals surface area contributed by atoms with Gasteiger partial charge in [-0.1, -0.05) is 0 Å². The van der Waals surface area contributed by atoms with E-state index in [0.717, 1.165) is 11.4 Å². The van der Waals surface area contributed by atoms with Crippen LogP contribution >= 0.6 is 0 Å². The Hall–Kier alpha value is -2.04. The molecule has 108 valence electrons. The molecule has 1 fully saturated rings. The first-order chi connectivity index (χ1) is 9.63. The molecular formula is C15H20N2O3. The zero-order chi connectivity index (χ0) is 14.5. The van der Waals surface area contributed by atoms with Crippen LogP contribution in [0.25, 0.3) is 0 Å². The molecule has 0 spiro atoms. The van der Waals surface area contributed by atoms with Gasteiger partial charge in [0.1, 0.15) is 5.75 Å². The molecule has 1 atom stereocenters. The minimum absolute atomic E-state index is 0.0549. The standard InChI is InChI=1S/C15H20N2O3/c1-3-17-10-11(9-14(17)18)15(19)16-12-5-7-13(8-6-12)20-4-2/h5-8,11H,3-4,9-10H2,1-2H3,(H,16,19). The molecule has 5 nitrogen and oxygen atoms in total. The maximum Gasteiger partial charge on any atom is 0.229 e. The summed E-state index contributed by atoms with van der Waals surface area (Å²) >= 11 is 0. The highest BCUT2D eigenvalue weighted by molar-refractivity contribution is 5.97. The molecule has 0 aromatic heterocycles. The summed E-state index contributed by atoms with van der Waals surface area (Å²) in [6.45, 7) is 5.63. The smallest absolute Gasteiger partial charge is 0.229 e. The Balaban J connectivity index is 1.93. The van der Waals surface area contributed by atoms with Crippen molar-refractivity contribution >= 4 is 17.5 Å². The van der Waals surface area contributed by atoms with E-state index in [-0.39, 0.29) is 17.7 Å². The number of nitrogens with one attached hydrogen (secondary N) is 1. The van der Waals surface area contributed by atoms with Crippen LogP contribution in [0.1, 0.15) is 20.3 Å². The van der Waals surface area contributed by atoms with Gasteiger partial charge in [-0.3, -0.25) is 9.59 Å². The molecule has 20 heavy (non-hydrogen) atoms. The second-order valence-electron chi connectivity index (χ2n) is 4.78. The summed E-state index contributed by atoms with van der Waals surface area (Å²) in [4.78, 5) is 25.4. The van der Waals surface area contributed by atoms with Gasteiger partial charge < -0.3 is 15.0 Å². The van der Waals surface area contributed by atoms with Crippen LogP contribution in [0.4, 0.5) is 5.69 Å². The van der Waals surface area contributed by atoms with Crippen LogP contribution in [0.2, 0.25) is 0 Å². The van der Waals surface area contributed by atoms with Crippen LogP contribution in [-0.4, -0.2) is 36.4 Å². The quantitative estimate of drug-likeness (QED) is 0.893. The number of amides is 2. The summed E-state index contributed by atoms with van der Waals surface area (Å²) in [6, 6.07) is 7.24. The SMILES string of the molecule is CCOc1ccc(NC(=O)C2CC(=O)N(CC)C2)cc1. The highest BCUT2D eigenvalue weighted by Gasteiger charge is 2.33. The van der Waals surface area contributed by atoms with Crippen LogP contribution in [0.5, 0.6) is 5.75 Å². The van der Waals surface area contributed by atoms with Gasteiger partial charge in [-0.2, -0.15) is 0 Å². The van der Waals surface area contributed by atoms with Gasteiger partial charge in [0.15, 0.2) is 0 Å². The van der Waals surface area contributed by atoms with Crippen molar-refractivity contribution in [2.24, 2.45) is 5.92 Å². The molecule has 1 saturated heterocycles. The van der Waals surface area contributed by atoms with Gasteiger partial charge in [-0.05, 0) is 38.1 Å². The minimum atomic E-state index is -0.256. The van der Waals surface area contributed by atoms with Crippen LogP contribution in [0.15, 0.2) is 24.3 Å². The number of nitrogens with zero attached hydrogens (tertiary/aromatic N) is 1. The molecule has 1 aliphatic heterocycles. The maximum atomic E-state index is 12.1. The van der Waals surface area contributed by atoms with Crippen LogP contribution in [0, 0.1) is 5.92 Å². The van der Waals surface area contributed by atoms with E-state index in [1.54, 1.807) is 17.0 Å².